The van der Waals surface area contributed by atoms with Crippen LogP contribution in [0.3, 0.4) is 0 Å². The lowest BCUT2D eigenvalue weighted by Gasteiger charge is -2.26. The Bertz CT molecular complexity index is 623. The van der Waals surface area contributed by atoms with Crippen LogP contribution in [-0.2, 0) is 0 Å². The fraction of sp³-hybridized carbons (Fsp3) is 0.200. The number of ether oxygens (including phenoxy) is 4. The summed E-state index contributed by atoms with van der Waals surface area (Å²) in [5.74, 6) is 2.99. The zero-order chi connectivity index (χ0) is 12.7. The van der Waals surface area contributed by atoms with Crippen LogP contribution < -0.4 is 18.9 Å². The molecule has 1 radical (unpaired) electrons. The Hall–Kier alpha value is -2.36. The first kappa shape index (κ1) is 10.6. The molecule has 0 saturated heterocycles. The summed E-state index contributed by atoms with van der Waals surface area (Å²) in [4.78, 5) is 0. The van der Waals surface area contributed by atoms with Crippen LogP contribution in [0.4, 0.5) is 0 Å². The first-order valence-electron chi connectivity index (χ1n) is 6.10. The summed E-state index contributed by atoms with van der Waals surface area (Å²) in [5.41, 5.74) is 0.902. The molecule has 0 bridgehead atoms. The van der Waals surface area contributed by atoms with Gasteiger partial charge in [0.05, 0.1) is 0 Å². The Morgan fingerprint density at radius 3 is 2.74 bits per heavy atom. The molecule has 0 spiro atoms. The molecule has 0 saturated carbocycles. The largest absolute Gasteiger partial charge is 0.485 e. The molecule has 0 aliphatic carbocycles. The van der Waals surface area contributed by atoms with Gasteiger partial charge in [-0.3, -0.25) is 0 Å². The van der Waals surface area contributed by atoms with Crippen LogP contribution in [0.5, 0.6) is 23.0 Å². The van der Waals surface area contributed by atoms with Gasteiger partial charge in [-0.2, -0.15) is 0 Å². The zero-order valence-corrected chi connectivity index (χ0v) is 10.1. The Labute approximate surface area is 110 Å². The lowest BCUT2D eigenvalue weighted by atomic mass is 10.1. The quantitative estimate of drug-likeness (QED) is 0.785. The molecule has 2 aliphatic heterocycles. The molecule has 0 amide bonds. The molecule has 1 atom stereocenters. The highest BCUT2D eigenvalue weighted by Gasteiger charge is 2.24. The lowest BCUT2D eigenvalue weighted by Crippen LogP contribution is -2.21. The number of benzene rings is 2. The van der Waals surface area contributed by atoms with Crippen molar-refractivity contribution in [3.63, 3.8) is 0 Å². The Kier molecular flexibility index (Phi) is 2.27. The second-order valence-electron chi connectivity index (χ2n) is 4.39. The van der Waals surface area contributed by atoms with Gasteiger partial charge in [-0.1, -0.05) is 12.1 Å². The van der Waals surface area contributed by atoms with E-state index in [9.17, 15) is 0 Å². The molecule has 4 rings (SSSR count). The molecule has 0 aromatic heterocycles. The highest BCUT2D eigenvalue weighted by molar-refractivity contribution is 5.46. The molecule has 95 valence electrons. The topological polar surface area (TPSA) is 36.9 Å². The van der Waals surface area contributed by atoms with Crippen molar-refractivity contribution >= 4 is 0 Å². The van der Waals surface area contributed by atoms with Crippen molar-refractivity contribution in [1.29, 1.82) is 0 Å². The zero-order valence-electron chi connectivity index (χ0n) is 10.1. The first-order valence-corrected chi connectivity index (χ1v) is 6.10. The highest BCUT2D eigenvalue weighted by atomic mass is 16.7. The molecule has 4 nitrogen and oxygen atoms in total. The van der Waals surface area contributed by atoms with Gasteiger partial charge in [0.25, 0.3) is 0 Å². The maximum Gasteiger partial charge on any atom is 0.231 e. The number of rotatable bonds is 1. The van der Waals surface area contributed by atoms with Crippen molar-refractivity contribution in [2.75, 3.05) is 13.4 Å². The van der Waals surface area contributed by atoms with Crippen molar-refractivity contribution in [3.05, 3.63) is 48.0 Å². The maximum absolute atomic E-state index is 5.93. The van der Waals surface area contributed by atoms with Gasteiger partial charge in [0.15, 0.2) is 29.1 Å². The predicted molar refractivity (Wildman–Crippen MR) is 66.7 cm³/mol. The van der Waals surface area contributed by atoms with Crippen molar-refractivity contribution < 1.29 is 18.9 Å². The molecular weight excluding hydrogens is 244 g/mol. The van der Waals surface area contributed by atoms with Gasteiger partial charge < -0.3 is 18.9 Å². The van der Waals surface area contributed by atoms with Crippen LogP contribution in [0.2, 0.25) is 0 Å². The Morgan fingerprint density at radius 2 is 1.79 bits per heavy atom. The third-order valence-corrected chi connectivity index (χ3v) is 3.18. The number of hydrogen-bond acceptors (Lipinski definition) is 4. The molecule has 2 aliphatic rings. The highest BCUT2D eigenvalue weighted by Crippen LogP contribution is 2.39. The minimum absolute atomic E-state index is 0.176. The van der Waals surface area contributed by atoms with Crippen LogP contribution in [0.15, 0.2) is 36.4 Å². The maximum atomic E-state index is 5.93. The van der Waals surface area contributed by atoms with Gasteiger partial charge in [0.2, 0.25) is 6.79 Å². The van der Waals surface area contributed by atoms with E-state index in [1.54, 1.807) is 6.07 Å². The SMILES string of the molecule is [c]1cc2c(cc1C1COc3ccccc3O1)OCO2. The van der Waals surface area contributed by atoms with Crippen LogP contribution in [0.1, 0.15) is 11.7 Å². The van der Waals surface area contributed by atoms with Crippen molar-refractivity contribution in [1.82, 2.24) is 0 Å². The lowest BCUT2D eigenvalue weighted by molar-refractivity contribution is 0.0909. The van der Waals surface area contributed by atoms with Crippen LogP contribution in [0.25, 0.3) is 0 Å². The predicted octanol–water partition coefficient (Wildman–Crippen LogP) is 2.73. The smallest absolute Gasteiger partial charge is 0.231 e. The van der Waals surface area contributed by atoms with E-state index in [0.29, 0.717) is 6.61 Å². The fourth-order valence-corrected chi connectivity index (χ4v) is 2.21. The Balaban J connectivity index is 1.64. The molecule has 1 unspecified atom stereocenters. The van der Waals surface area contributed by atoms with E-state index in [2.05, 4.69) is 6.07 Å². The Morgan fingerprint density at radius 1 is 0.947 bits per heavy atom. The van der Waals surface area contributed by atoms with Crippen LogP contribution in [-0.4, -0.2) is 13.4 Å². The molecule has 2 heterocycles. The molecule has 0 N–H and O–H groups in total. The normalized spacial score (nSPS) is 19.3. The van der Waals surface area contributed by atoms with E-state index in [-0.39, 0.29) is 12.9 Å². The summed E-state index contributed by atoms with van der Waals surface area (Å²) >= 11 is 0. The number of hydrogen-bond donors (Lipinski definition) is 0. The van der Waals surface area contributed by atoms with Crippen molar-refractivity contribution in [2.24, 2.45) is 0 Å². The second-order valence-corrected chi connectivity index (χ2v) is 4.39. The average molecular weight is 255 g/mol. The van der Waals surface area contributed by atoms with E-state index in [0.717, 1.165) is 28.6 Å². The first-order chi connectivity index (χ1) is 9.40. The van der Waals surface area contributed by atoms with Gasteiger partial charge in [0.1, 0.15) is 6.61 Å². The van der Waals surface area contributed by atoms with Gasteiger partial charge in [-0.15, -0.1) is 0 Å². The molecule has 0 fully saturated rings. The summed E-state index contributed by atoms with van der Waals surface area (Å²) in [6.07, 6.45) is -0.176. The summed E-state index contributed by atoms with van der Waals surface area (Å²) in [7, 11) is 0. The fourth-order valence-electron chi connectivity index (χ4n) is 2.21. The molecule has 2 aromatic rings. The minimum atomic E-state index is -0.176. The monoisotopic (exact) mass is 255 g/mol. The second kappa shape index (κ2) is 4.09. The van der Waals surface area contributed by atoms with Gasteiger partial charge in [-0.25, -0.2) is 0 Å². The van der Waals surface area contributed by atoms with E-state index >= 15 is 0 Å². The molecular formula is C15H11O4. The van der Waals surface area contributed by atoms with Crippen molar-refractivity contribution in [3.8, 4) is 23.0 Å². The van der Waals surface area contributed by atoms with E-state index < -0.39 is 0 Å². The molecule has 4 heteroatoms. The summed E-state index contributed by atoms with van der Waals surface area (Å²) in [5, 5.41) is 0. The van der Waals surface area contributed by atoms with E-state index in [1.165, 1.54) is 0 Å². The minimum Gasteiger partial charge on any atom is -0.485 e. The van der Waals surface area contributed by atoms with Gasteiger partial charge >= 0.3 is 0 Å². The van der Waals surface area contributed by atoms with Crippen LogP contribution in [0, 0.1) is 6.07 Å². The summed E-state index contributed by atoms with van der Waals surface area (Å²) < 4.78 is 22.3. The summed E-state index contributed by atoms with van der Waals surface area (Å²) in [6, 6.07) is 14.5. The van der Waals surface area contributed by atoms with E-state index in [4.69, 9.17) is 18.9 Å². The third kappa shape index (κ3) is 1.76. The standard InChI is InChI=1S/C15H11O4/c1-2-4-13-11(3-1)16-8-15(19-13)10-5-6-12-14(7-10)18-9-17-12/h1-4,6-7,15H,8-9H2. The van der Waals surface area contributed by atoms with Crippen molar-refractivity contribution in [2.45, 2.75) is 6.10 Å². The number of fused-ring (bicyclic) bond motifs is 2. The van der Waals surface area contributed by atoms with E-state index in [1.807, 2.05) is 30.3 Å². The molecule has 2 aromatic carbocycles. The van der Waals surface area contributed by atoms with Gasteiger partial charge in [-0.05, 0) is 30.3 Å². The van der Waals surface area contributed by atoms with Gasteiger partial charge in [0, 0.05) is 5.56 Å². The molecule has 19 heavy (non-hydrogen) atoms. The van der Waals surface area contributed by atoms with Crippen LogP contribution >= 0.6 is 0 Å². The summed E-state index contributed by atoms with van der Waals surface area (Å²) in [6.45, 7) is 0.727. The number of para-hydroxylation sites is 2. The average Bonchev–Trinajstić information content (AvgIpc) is 2.94. The third-order valence-electron chi connectivity index (χ3n) is 3.18.